The minimum Gasteiger partial charge on any atom is -0.298 e. The van der Waals surface area contributed by atoms with Gasteiger partial charge in [-0.15, -0.1) is 0 Å². The Balaban J connectivity index is 1.80. The van der Waals surface area contributed by atoms with Crippen LogP contribution in [-0.4, -0.2) is 17.9 Å². The van der Waals surface area contributed by atoms with Crippen LogP contribution in [0.5, 0.6) is 0 Å². The summed E-state index contributed by atoms with van der Waals surface area (Å²) < 4.78 is 0.944. The van der Waals surface area contributed by atoms with Crippen molar-refractivity contribution < 1.29 is 9.59 Å². The molecule has 2 aliphatic rings. The highest BCUT2D eigenvalue weighted by molar-refractivity contribution is 9.10. The number of hydrogen-bond donors (Lipinski definition) is 0. The van der Waals surface area contributed by atoms with Gasteiger partial charge in [-0.2, -0.15) is 10.1 Å². The summed E-state index contributed by atoms with van der Waals surface area (Å²) in [6.45, 7) is 4.02. The molecule has 1 amide bonds. The Labute approximate surface area is 208 Å². The van der Waals surface area contributed by atoms with E-state index in [0.717, 1.165) is 33.3 Å². The number of nitrogens with zero attached hydrogens (tertiary/aromatic N) is 2. The van der Waals surface area contributed by atoms with Crippen LogP contribution in [0.2, 0.25) is 0 Å². The van der Waals surface area contributed by atoms with Crippen molar-refractivity contribution in [2.45, 2.75) is 25.7 Å². The van der Waals surface area contributed by atoms with E-state index in [-0.39, 0.29) is 17.7 Å². The van der Waals surface area contributed by atoms with Crippen LogP contribution in [0.25, 0.3) is 0 Å². The van der Waals surface area contributed by atoms with Crippen LogP contribution in [0.15, 0.2) is 106 Å². The highest BCUT2D eigenvalue weighted by Gasteiger charge is 2.63. The number of anilines is 1. The van der Waals surface area contributed by atoms with Gasteiger partial charge in [0, 0.05) is 16.3 Å². The van der Waals surface area contributed by atoms with E-state index in [2.05, 4.69) is 35.0 Å². The van der Waals surface area contributed by atoms with Gasteiger partial charge in [-0.25, -0.2) is 0 Å². The third-order valence-electron chi connectivity index (χ3n) is 7.15. The van der Waals surface area contributed by atoms with Crippen molar-refractivity contribution in [3.8, 4) is 0 Å². The van der Waals surface area contributed by atoms with Gasteiger partial charge in [-0.05, 0) is 53.8 Å². The summed E-state index contributed by atoms with van der Waals surface area (Å²) in [4.78, 5) is 27.1. The van der Waals surface area contributed by atoms with Crippen LogP contribution in [0.1, 0.15) is 36.8 Å². The third-order valence-corrected chi connectivity index (χ3v) is 7.68. The Morgan fingerprint density at radius 3 is 2.15 bits per heavy atom. The lowest BCUT2D eigenvalue weighted by Crippen LogP contribution is -2.52. The van der Waals surface area contributed by atoms with Gasteiger partial charge in [-0.1, -0.05) is 89.6 Å². The number of para-hydroxylation sites is 1. The molecule has 3 aromatic rings. The van der Waals surface area contributed by atoms with Crippen LogP contribution in [0, 0.1) is 11.3 Å². The SMILES string of the molecule is CC1=NN(c2ccccc2)C(=O)[C@@]12[C@H](c1ccccc1)[C@@H](C)C=C(C=O)[C@H]2c1ccc(Br)cc1. The number of rotatable bonds is 4. The smallest absolute Gasteiger partial charge is 0.260 e. The fourth-order valence-electron chi connectivity index (χ4n) is 5.84. The molecule has 1 spiro atoms. The maximum Gasteiger partial charge on any atom is 0.260 e. The number of hydrazone groups is 1. The van der Waals surface area contributed by atoms with Gasteiger partial charge in [0.1, 0.15) is 11.7 Å². The van der Waals surface area contributed by atoms with Crippen molar-refractivity contribution >= 4 is 39.5 Å². The van der Waals surface area contributed by atoms with E-state index >= 15 is 0 Å². The molecule has 1 aliphatic heterocycles. The van der Waals surface area contributed by atoms with E-state index in [1.54, 1.807) is 0 Å². The fourth-order valence-corrected chi connectivity index (χ4v) is 6.10. The van der Waals surface area contributed by atoms with Crippen LogP contribution in [0.3, 0.4) is 0 Å². The van der Waals surface area contributed by atoms with Crippen LogP contribution in [-0.2, 0) is 9.59 Å². The van der Waals surface area contributed by atoms with Gasteiger partial charge in [0.2, 0.25) is 0 Å². The molecule has 34 heavy (non-hydrogen) atoms. The van der Waals surface area contributed by atoms with E-state index in [0.29, 0.717) is 5.57 Å². The number of allylic oxidation sites excluding steroid dienone is 2. The molecule has 1 heterocycles. The molecule has 4 atom stereocenters. The van der Waals surface area contributed by atoms with Gasteiger partial charge in [0.25, 0.3) is 5.91 Å². The van der Waals surface area contributed by atoms with Crippen molar-refractivity contribution in [2.75, 3.05) is 5.01 Å². The minimum absolute atomic E-state index is 0.0425. The Morgan fingerprint density at radius 2 is 1.53 bits per heavy atom. The lowest BCUT2D eigenvalue weighted by molar-refractivity contribution is -0.126. The molecular weight excluding hydrogens is 488 g/mol. The van der Waals surface area contributed by atoms with E-state index in [4.69, 9.17) is 5.10 Å². The maximum atomic E-state index is 14.6. The van der Waals surface area contributed by atoms with E-state index in [1.165, 1.54) is 5.01 Å². The predicted octanol–water partition coefficient (Wildman–Crippen LogP) is 6.50. The average molecular weight is 513 g/mol. The summed E-state index contributed by atoms with van der Waals surface area (Å²) in [6, 6.07) is 27.6. The molecule has 0 unspecified atom stereocenters. The molecule has 5 heteroatoms. The van der Waals surface area contributed by atoms with Crippen molar-refractivity contribution in [3.05, 3.63) is 112 Å². The second-order valence-corrected chi connectivity index (χ2v) is 9.94. The van der Waals surface area contributed by atoms with Crippen molar-refractivity contribution in [1.29, 1.82) is 0 Å². The molecule has 0 saturated carbocycles. The maximum absolute atomic E-state index is 14.6. The van der Waals surface area contributed by atoms with Gasteiger partial charge < -0.3 is 0 Å². The summed E-state index contributed by atoms with van der Waals surface area (Å²) in [5.41, 5.74) is 3.03. The molecule has 0 N–H and O–H groups in total. The van der Waals surface area contributed by atoms with E-state index in [1.807, 2.05) is 85.8 Å². The standard InChI is InChI=1S/C29H25BrN2O2/c1-19-17-23(18-33)27(22-13-15-24(30)16-14-22)29(26(19)21-9-5-3-6-10-21)20(2)31-32(28(29)34)25-11-7-4-8-12-25/h3-19,26-27H,1-2H3/t19-,26-,27+,29+/m0/s1. The molecular formula is C29H25BrN2O2. The highest BCUT2D eigenvalue weighted by Crippen LogP contribution is 2.60. The lowest BCUT2D eigenvalue weighted by Gasteiger charge is -2.48. The summed E-state index contributed by atoms with van der Waals surface area (Å²) in [5, 5.41) is 6.36. The summed E-state index contributed by atoms with van der Waals surface area (Å²) in [5.74, 6) is -0.781. The van der Waals surface area contributed by atoms with Crippen molar-refractivity contribution in [3.63, 3.8) is 0 Å². The molecule has 0 saturated heterocycles. The normalized spacial score (nSPS) is 26.4. The van der Waals surface area contributed by atoms with Crippen LogP contribution in [0.4, 0.5) is 5.69 Å². The number of carbonyl (C=O) groups is 2. The molecule has 3 aromatic carbocycles. The Bertz CT molecular complexity index is 1280. The molecule has 4 nitrogen and oxygen atoms in total. The zero-order chi connectivity index (χ0) is 23.9. The van der Waals surface area contributed by atoms with Crippen LogP contribution >= 0.6 is 15.9 Å². The number of halogens is 1. The first kappa shape index (κ1) is 22.5. The molecule has 0 bridgehead atoms. The van der Waals surface area contributed by atoms with Gasteiger partial charge in [0.15, 0.2) is 0 Å². The average Bonchev–Trinajstić information content (AvgIpc) is 3.11. The molecule has 170 valence electrons. The van der Waals surface area contributed by atoms with Crippen LogP contribution < -0.4 is 5.01 Å². The number of amides is 1. The topological polar surface area (TPSA) is 49.7 Å². The number of aldehydes is 1. The Kier molecular flexibility index (Phi) is 5.82. The molecule has 0 radical (unpaired) electrons. The molecule has 1 aliphatic carbocycles. The molecule has 0 aromatic heterocycles. The predicted molar refractivity (Wildman–Crippen MR) is 139 cm³/mol. The van der Waals surface area contributed by atoms with Crippen molar-refractivity contribution in [1.82, 2.24) is 0 Å². The largest absolute Gasteiger partial charge is 0.298 e. The summed E-state index contributed by atoms with van der Waals surface area (Å²) >= 11 is 3.52. The van der Waals surface area contributed by atoms with Crippen molar-refractivity contribution in [2.24, 2.45) is 16.4 Å². The van der Waals surface area contributed by atoms with Gasteiger partial charge in [0.05, 0.1) is 11.4 Å². The monoisotopic (exact) mass is 512 g/mol. The fraction of sp³-hybridized carbons (Fsp3) is 0.207. The van der Waals surface area contributed by atoms with E-state index in [9.17, 15) is 9.59 Å². The zero-order valence-electron chi connectivity index (χ0n) is 19.1. The first-order valence-corrected chi connectivity index (χ1v) is 12.2. The first-order chi connectivity index (χ1) is 16.5. The number of carbonyl (C=O) groups excluding carboxylic acids is 2. The number of benzene rings is 3. The zero-order valence-corrected chi connectivity index (χ0v) is 20.6. The Hall–Kier alpha value is -3.31. The molecule has 0 fully saturated rings. The second kappa shape index (κ2) is 8.80. The second-order valence-electron chi connectivity index (χ2n) is 9.02. The number of hydrogen-bond acceptors (Lipinski definition) is 3. The summed E-state index contributed by atoms with van der Waals surface area (Å²) in [7, 11) is 0. The highest BCUT2D eigenvalue weighted by atomic mass is 79.9. The quantitative estimate of drug-likeness (QED) is 0.374. The van der Waals surface area contributed by atoms with Gasteiger partial charge in [-0.3, -0.25) is 9.59 Å². The lowest BCUT2D eigenvalue weighted by atomic mass is 9.52. The van der Waals surface area contributed by atoms with Gasteiger partial charge >= 0.3 is 0 Å². The third kappa shape index (κ3) is 3.38. The first-order valence-electron chi connectivity index (χ1n) is 11.4. The van der Waals surface area contributed by atoms with E-state index < -0.39 is 11.3 Å². The summed E-state index contributed by atoms with van der Waals surface area (Å²) in [6.07, 6.45) is 2.95. The minimum atomic E-state index is -1.03. The molecule has 5 rings (SSSR count). The Morgan fingerprint density at radius 1 is 0.912 bits per heavy atom.